The fourth-order valence-corrected chi connectivity index (χ4v) is 7.61. The molecule has 0 aliphatic heterocycles. The number of benzene rings is 4. The fraction of sp³-hybridized carbons (Fsp3) is 0.377. The van der Waals surface area contributed by atoms with Crippen molar-refractivity contribution < 1.29 is 33.0 Å². The van der Waals surface area contributed by atoms with Crippen molar-refractivity contribution in [2.75, 3.05) is 0 Å². The van der Waals surface area contributed by atoms with Crippen molar-refractivity contribution >= 4 is 40.2 Å². The zero-order valence-corrected chi connectivity index (χ0v) is 40.9. The van der Waals surface area contributed by atoms with Crippen molar-refractivity contribution in [3.63, 3.8) is 0 Å². The molecule has 4 aromatic carbocycles. The Kier molecular flexibility index (Phi) is 17.7. The van der Waals surface area contributed by atoms with E-state index >= 15 is 0 Å². The normalized spacial score (nSPS) is 15.7. The molecule has 0 fully saturated rings. The van der Waals surface area contributed by atoms with Crippen LogP contribution in [0.25, 0.3) is 22.3 Å². The molecule has 0 saturated heterocycles. The summed E-state index contributed by atoms with van der Waals surface area (Å²) in [5, 5.41) is 0. The molecule has 0 radical (unpaired) electrons. The molecule has 0 atom stereocenters. The van der Waals surface area contributed by atoms with Crippen molar-refractivity contribution in [2.45, 2.75) is 114 Å². The van der Waals surface area contributed by atoms with Gasteiger partial charge < -0.3 is 0 Å². The molecular weight excluding hydrogens is 837 g/mol. The van der Waals surface area contributed by atoms with E-state index in [9.17, 15) is 8.78 Å². The Bertz CT molecular complexity index is 2000. The van der Waals surface area contributed by atoms with Gasteiger partial charge in [-0.1, -0.05) is 119 Å². The Hall–Kier alpha value is -2.97. The topological polar surface area (TPSA) is 0 Å². The molecule has 4 aliphatic carbocycles. The van der Waals surface area contributed by atoms with E-state index in [0.717, 1.165) is 12.8 Å². The summed E-state index contributed by atoms with van der Waals surface area (Å²) in [6.07, 6.45) is 15.9. The molecule has 0 nitrogen and oxygen atoms in total. The van der Waals surface area contributed by atoms with Gasteiger partial charge in [0.25, 0.3) is 0 Å². The van der Waals surface area contributed by atoms with Gasteiger partial charge >= 0.3 is 28.4 Å². The molecule has 8 rings (SSSR count). The first-order valence-electron chi connectivity index (χ1n) is 19.6. The van der Waals surface area contributed by atoms with E-state index in [2.05, 4.69) is 161 Å². The van der Waals surface area contributed by atoms with Crippen LogP contribution in [0.1, 0.15) is 130 Å². The van der Waals surface area contributed by atoms with Crippen molar-refractivity contribution in [1.82, 2.24) is 0 Å². The van der Waals surface area contributed by atoms with Gasteiger partial charge in [0.2, 0.25) is 0 Å². The van der Waals surface area contributed by atoms with E-state index in [4.69, 9.17) is 0 Å². The van der Waals surface area contributed by atoms with E-state index in [-0.39, 0.29) is 58.1 Å². The Morgan fingerprint density at radius 2 is 1.16 bits per heavy atom. The minimum absolute atomic E-state index is 0. The quantitative estimate of drug-likeness (QED) is 0.136. The molecule has 0 amide bonds. The van der Waals surface area contributed by atoms with E-state index < -0.39 is 0 Å². The second-order valence-corrected chi connectivity index (χ2v) is 19.1. The summed E-state index contributed by atoms with van der Waals surface area (Å²) in [7, 11) is 0. The average Bonchev–Trinajstić information content (AvgIpc) is 3.89. The average molecular weight is 899 g/mol. The molecular formula is C53H62Cl2F2Zr-4. The van der Waals surface area contributed by atoms with Crippen LogP contribution in [0.3, 0.4) is 0 Å². The molecule has 4 aromatic rings. The Balaban J connectivity index is 0.000000349. The summed E-state index contributed by atoms with van der Waals surface area (Å²) >= 11 is 1.30. The molecule has 0 saturated carbocycles. The van der Waals surface area contributed by atoms with Crippen molar-refractivity contribution in [2.24, 2.45) is 16.2 Å². The molecule has 0 unspecified atom stereocenters. The van der Waals surface area contributed by atoms with Gasteiger partial charge in [0, 0.05) is 17.0 Å². The fourth-order valence-electron chi connectivity index (χ4n) is 7.61. The predicted octanol–water partition coefficient (Wildman–Crippen LogP) is 15.3. The van der Waals surface area contributed by atoms with Gasteiger partial charge in [-0.3, -0.25) is 20.9 Å². The first-order chi connectivity index (χ1) is 26.0. The summed E-state index contributed by atoms with van der Waals surface area (Å²) in [6, 6.07) is 27.1. The molecule has 0 spiro atoms. The summed E-state index contributed by atoms with van der Waals surface area (Å²) in [5.74, 6) is -0.468. The van der Waals surface area contributed by atoms with Crippen LogP contribution < -0.4 is 0 Å². The number of allylic oxidation sites excluding steroid dienone is 8. The Morgan fingerprint density at radius 1 is 0.655 bits per heavy atom. The number of halogens is 4. The number of fused-ring (bicyclic) bond motifs is 5. The van der Waals surface area contributed by atoms with Crippen molar-refractivity contribution in [3.05, 3.63) is 166 Å². The van der Waals surface area contributed by atoms with Gasteiger partial charge in [0.15, 0.2) is 0 Å². The van der Waals surface area contributed by atoms with Crippen LogP contribution in [0.2, 0.25) is 0 Å². The molecule has 0 bridgehead atoms. The summed E-state index contributed by atoms with van der Waals surface area (Å²) in [6.45, 7) is 30.0. The Labute approximate surface area is 377 Å². The SMILES string of the molecule is CC(C)(C)C1=CC[C-]=C1.CC(C)(C)C1=[C-]C(C)(C)c2cc3c(cc21)-c1cc2c(cc1C3)C(C)(C)C=C2C(C)(C)C.Cl.Cl.Fc1c[c-]ccc1.Fc1c[c-]ccc1.[CH2]=[Zr]. The molecule has 0 heterocycles. The van der Waals surface area contributed by atoms with E-state index in [1.165, 1.54) is 110 Å². The van der Waals surface area contributed by atoms with Gasteiger partial charge in [-0.2, -0.15) is 53.6 Å². The van der Waals surface area contributed by atoms with E-state index in [1.54, 1.807) is 24.3 Å². The van der Waals surface area contributed by atoms with Crippen LogP contribution in [0.15, 0.2) is 96.6 Å². The van der Waals surface area contributed by atoms with Crippen LogP contribution in [-0.2, 0) is 41.5 Å². The summed E-state index contributed by atoms with van der Waals surface area (Å²) in [4.78, 5) is 0. The first kappa shape index (κ1) is 51.2. The van der Waals surface area contributed by atoms with Crippen LogP contribution in [0.5, 0.6) is 0 Å². The molecule has 4 aliphatic rings. The Morgan fingerprint density at radius 3 is 1.52 bits per heavy atom. The van der Waals surface area contributed by atoms with Gasteiger partial charge in [-0.05, 0) is 62.3 Å². The van der Waals surface area contributed by atoms with Gasteiger partial charge in [-0.15, -0.1) is 67.1 Å². The maximum atomic E-state index is 11.9. The van der Waals surface area contributed by atoms with Crippen LogP contribution >= 0.6 is 24.8 Å². The monoisotopic (exact) mass is 896 g/mol. The molecule has 0 aromatic heterocycles. The second kappa shape index (κ2) is 20.1. The molecule has 310 valence electrons. The minimum atomic E-state index is -0.234. The maximum absolute atomic E-state index is 11.9. The second-order valence-electron chi connectivity index (χ2n) is 19.1. The van der Waals surface area contributed by atoms with Crippen LogP contribution in [0, 0.1) is 52.2 Å². The summed E-state index contributed by atoms with van der Waals surface area (Å²) < 4.78 is 27.1. The van der Waals surface area contributed by atoms with Gasteiger partial charge in [0.1, 0.15) is 0 Å². The van der Waals surface area contributed by atoms with E-state index in [0.29, 0.717) is 5.41 Å². The van der Waals surface area contributed by atoms with E-state index in [1.807, 2.05) is 0 Å². The third-order valence-electron chi connectivity index (χ3n) is 10.5. The first-order valence-corrected chi connectivity index (χ1v) is 21.3. The van der Waals surface area contributed by atoms with Crippen LogP contribution in [-0.4, -0.2) is 4.21 Å². The number of hydrogen-bond donors (Lipinski definition) is 0. The van der Waals surface area contributed by atoms with Crippen molar-refractivity contribution in [3.8, 4) is 11.1 Å². The van der Waals surface area contributed by atoms with Crippen LogP contribution in [0.4, 0.5) is 8.78 Å². The number of hydrogen-bond acceptors (Lipinski definition) is 0. The molecule has 0 N–H and O–H groups in total. The van der Waals surface area contributed by atoms with Gasteiger partial charge in [0.05, 0.1) is 0 Å². The number of rotatable bonds is 0. The standard InChI is InChI=1S/C31H37.C9H13.2C6H4F.CH2.2ClH.Zr/c1-28(2,3)26-16-30(7,8)24-12-18-11-19-13-25-23(15-21(19)20(18)14-22(24)26)27(29(4,5)6)17-31(25,9)10;1-9(2,3)8-6-4-5-7-8;2*7-6-4-2-1-3-5-6;;;;/h12-16H,11H2,1-10H3;6-7H,4H2,1-3H3;2*1-2,4-5H;1H2;2*1H;/q4*-1;;;;. The molecule has 5 heteroatoms. The zero-order chi connectivity index (χ0) is 41.9. The van der Waals surface area contributed by atoms with Crippen molar-refractivity contribution in [1.29, 1.82) is 0 Å². The third kappa shape index (κ3) is 12.3. The summed E-state index contributed by atoms with van der Waals surface area (Å²) in [5.41, 5.74) is 16.6. The van der Waals surface area contributed by atoms with Gasteiger partial charge in [-0.25, -0.2) is 11.6 Å². The third-order valence-corrected chi connectivity index (χ3v) is 10.5. The molecule has 58 heavy (non-hydrogen) atoms. The predicted molar refractivity (Wildman–Crippen MR) is 246 cm³/mol. The zero-order valence-electron chi connectivity index (χ0n) is 36.9.